The minimum atomic E-state index is -4.47. The van der Waals surface area contributed by atoms with E-state index in [4.69, 9.17) is 13.8 Å². The van der Waals surface area contributed by atoms with Crippen LogP contribution in [0.25, 0.3) is 0 Å². The van der Waals surface area contributed by atoms with Crippen molar-refractivity contribution in [3.63, 3.8) is 0 Å². The normalized spacial score (nSPS) is 14.5. The molecule has 0 rings (SSSR count). The molecule has 0 fully saturated rings. The van der Waals surface area contributed by atoms with Gasteiger partial charge >= 0.3 is 13.8 Å². The van der Waals surface area contributed by atoms with Crippen LogP contribution in [0.5, 0.6) is 0 Å². The molecule has 0 aliphatic rings. The molecular formula is C67H116N2O7P+. The zero-order valence-corrected chi connectivity index (χ0v) is 51.1. The Bertz CT molecular complexity index is 1730. The fraction of sp³-hybridized carbons (Fsp3) is 0.672. The van der Waals surface area contributed by atoms with Gasteiger partial charge in [0.05, 0.1) is 33.8 Å². The maximum atomic E-state index is 13.5. The van der Waals surface area contributed by atoms with Crippen molar-refractivity contribution in [1.29, 1.82) is 0 Å². The quantitative estimate of drug-likeness (QED) is 0.0205. The first-order chi connectivity index (χ1) is 37.4. The number of rotatable bonds is 54. The minimum Gasteiger partial charge on any atom is -0.456 e. The second-order valence-electron chi connectivity index (χ2n) is 21.5. The van der Waals surface area contributed by atoms with Crippen LogP contribution >= 0.6 is 7.82 Å². The van der Waals surface area contributed by atoms with Gasteiger partial charge in [-0.3, -0.25) is 18.6 Å². The van der Waals surface area contributed by atoms with Crippen molar-refractivity contribution in [2.45, 2.75) is 251 Å². The lowest BCUT2D eigenvalue weighted by molar-refractivity contribution is -0.870. The highest BCUT2D eigenvalue weighted by Gasteiger charge is 2.30. The van der Waals surface area contributed by atoms with Gasteiger partial charge in [0.25, 0.3) is 0 Å². The Labute approximate surface area is 473 Å². The lowest BCUT2D eigenvalue weighted by atomic mass is 10.0. The molecule has 0 heterocycles. The Kier molecular flexibility index (Phi) is 53.1. The van der Waals surface area contributed by atoms with Crippen molar-refractivity contribution in [1.82, 2.24) is 5.32 Å². The number of nitrogens with one attached hydrogen (secondary N) is 1. The van der Waals surface area contributed by atoms with Crippen molar-refractivity contribution in [3.8, 4) is 0 Å². The van der Waals surface area contributed by atoms with Crippen LogP contribution in [0.15, 0.2) is 122 Å². The highest BCUT2D eigenvalue weighted by molar-refractivity contribution is 7.47. The molecule has 2 N–H and O–H groups in total. The molecule has 10 heteroatoms. The number of hydrogen-bond donors (Lipinski definition) is 2. The maximum Gasteiger partial charge on any atom is 0.472 e. The number of quaternary nitrogens is 1. The zero-order valence-electron chi connectivity index (χ0n) is 50.2. The third-order valence-corrected chi connectivity index (χ3v) is 13.9. The number of esters is 1. The Hall–Kier alpha value is -3.59. The molecule has 0 spiro atoms. The van der Waals surface area contributed by atoms with Crippen molar-refractivity contribution in [2.24, 2.45) is 0 Å². The summed E-state index contributed by atoms with van der Waals surface area (Å²) in [7, 11) is 1.44. The molecule has 3 unspecified atom stereocenters. The summed E-state index contributed by atoms with van der Waals surface area (Å²) in [6.07, 6.45) is 77.6. The van der Waals surface area contributed by atoms with Gasteiger partial charge in [0.1, 0.15) is 19.3 Å². The Morgan fingerprint density at radius 1 is 0.468 bits per heavy atom. The summed E-state index contributed by atoms with van der Waals surface area (Å²) in [5.74, 6) is -0.586. The number of nitrogens with zero attached hydrogens (tertiary/aromatic N) is 1. The summed E-state index contributed by atoms with van der Waals surface area (Å²) in [5.41, 5.74) is 0. The SMILES string of the molecule is CC/C=C\C/C=C\C/C=C\C/C=C\C/C=C\CCCCCC(=O)OC(/C=C/CCCCCCCCCCCCC)C(COP(=O)(O)OCC[N+](C)(C)C)NC(=O)CCCCC/C=C\C/C=C\C/C=C\C/C=C\CCCCC. The van der Waals surface area contributed by atoms with Crippen molar-refractivity contribution in [3.05, 3.63) is 122 Å². The largest absolute Gasteiger partial charge is 0.472 e. The third kappa shape index (κ3) is 56.9. The highest BCUT2D eigenvalue weighted by atomic mass is 31.2. The summed E-state index contributed by atoms with van der Waals surface area (Å²) < 4.78 is 30.6. The van der Waals surface area contributed by atoms with Crippen LogP contribution in [0.3, 0.4) is 0 Å². The van der Waals surface area contributed by atoms with Crippen LogP contribution in [0.2, 0.25) is 0 Å². The van der Waals surface area contributed by atoms with Crippen LogP contribution < -0.4 is 5.32 Å². The Balaban J connectivity index is 5.44. The number of unbranched alkanes of at least 4 members (excludes halogenated alkanes) is 20. The zero-order chi connectivity index (χ0) is 56.4. The van der Waals surface area contributed by atoms with Gasteiger partial charge in [-0.1, -0.05) is 226 Å². The predicted molar refractivity (Wildman–Crippen MR) is 332 cm³/mol. The molecule has 1 amide bonds. The maximum absolute atomic E-state index is 13.5. The van der Waals surface area contributed by atoms with E-state index in [0.29, 0.717) is 23.9 Å². The van der Waals surface area contributed by atoms with Crippen LogP contribution in [0.4, 0.5) is 0 Å². The first-order valence-corrected chi connectivity index (χ1v) is 32.4. The molecule has 0 saturated carbocycles. The van der Waals surface area contributed by atoms with Gasteiger partial charge in [-0.2, -0.15) is 0 Å². The fourth-order valence-corrected chi connectivity index (χ4v) is 8.86. The minimum absolute atomic E-state index is 0.0215. The molecule has 0 aromatic carbocycles. The molecule has 0 aliphatic heterocycles. The van der Waals surface area contributed by atoms with E-state index >= 15 is 0 Å². The molecule has 0 radical (unpaired) electrons. The molecule has 0 aliphatic carbocycles. The second kappa shape index (κ2) is 55.7. The third-order valence-electron chi connectivity index (χ3n) is 12.9. The number of ether oxygens (including phenoxy) is 1. The van der Waals surface area contributed by atoms with E-state index in [0.717, 1.165) is 109 Å². The predicted octanol–water partition coefficient (Wildman–Crippen LogP) is 19.1. The van der Waals surface area contributed by atoms with E-state index in [1.54, 1.807) is 0 Å². The van der Waals surface area contributed by atoms with Gasteiger partial charge in [-0.05, 0) is 122 Å². The molecule has 9 nitrogen and oxygen atoms in total. The van der Waals surface area contributed by atoms with E-state index in [1.165, 1.54) is 83.5 Å². The molecule has 440 valence electrons. The summed E-state index contributed by atoms with van der Waals surface area (Å²) in [6.45, 7) is 6.81. The van der Waals surface area contributed by atoms with E-state index in [1.807, 2.05) is 33.3 Å². The highest BCUT2D eigenvalue weighted by Crippen LogP contribution is 2.43. The number of hydrogen-bond acceptors (Lipinski definition) is 6. The topological polar surface area (TPSA) is 111 Å². The number of allylic oxidation sites excluding steroid dienone is 19. The molecule has 0 bridgehead atoms. The van der Waals surface area contributed by atoms with Crippen LogP contribution in [0, 0.1) is 0 Å². The van der Waals surface area contributed by atoms with Gasteiger partial charge in [-0.15, -0.1) is 0 Å². The average Bonchev–Trinajstić information content (AvgIpc) is 3.39. The standard InChI is InChI=1S/C67H115N2O7P/c1-7-10-13-16-19-22-25-28-30-32-34-36-38-41-44-47-50-53-56-59-66(70)68-64(63-75-77(72,73)74-62-61-69(4,5)6)65(58-55-52-49-46-43-40-27-24-21-18-15-12-9-3)76-67(71)60-57-54-51-48-45-42-39-37-35-33-31-29-26-23-20-17-14-11-8-2/h11,14,19-20,22-23,28-31,34-37,41-42,44-45,55,58,64-65H,7-10,12-13,15-18,21,24-27,32-33,38-40,43,46-54,56-57,59-63H2,1-6H3,(H-,68,70,72,73)/p+1/b14-11-,22-19-,23-20-,30-28-,31-29-,36-34-,37-35-,44-41-,45-42-,58-55+. The first-order valence-electron chi connectivity index (χ1n) is 30.9. The lowest BCUT2D eigenvalue weighted by Crippen LogP contribution is -2.47. The average molecular weight is 1090 g/mol. The summed E-state index contributed by atoms with van der Waals surface area (Å²) >= 11 is 0. The molecule has 3 atom stereocenters. The van der Waals surface area contributed by atoms with Gasteiger partial charge < -0.3 is 19.4 Å². The van der Waals surface area contributed by atoms with E-state index < -0.39 is 20.0 Å². The molecular weight excluding hydrogens is 976 g/mol. The Morgan fingerprint density at radius 3 is 1.27 bits per heavy atom. The van der Waals surface area contributed by atoms with E-state index in [9.17, 15) is 19.0 Å². The van der Waals surface area contributed by atoms with Crippen molar-refractivity contribution in [2.75, 3.05) is 40.9 Å². The summed E-state index contributed by atoms with van der Waals surface area (Å²) in [5, 5.41) is 3.03. The molecule has 0 aromatic heterocycles. The van der Waals surface area contributed by atoms with Crippen LogP contribution in [0.1, 0.15) is 239 Å². The van der Waals surface area contributed by atoms with Crippen LogP contribution in [-0.4, -0.2) is 74.3 Å². The number of carbonyl (C=O) groups excluding carboxylic acids is 2. The lowest BCUT2D eigenvalue weighted by Gasteiger charge is -2.27. The van der Waals surface area contributed by atoms with Crippen molar-refractivity contribution >= 4 is 19.7 Å². The Morgan fingerprint density at radius 2 is 0.831 bits per heavy atom. The first kappa shape index (κ1) is 73.4. The summed E-state index contributed by atoms with van der Waals surface area (Å²) in [4.78, 5) is 37.7. The second-order valence-corrected chi connectivity index (χ2v) is 22.9. The molecule has 77 heavy (non-hydrogen) atoms. The number of carbonyl (C=O) groups is 2. The fourth-order valence-electron chi connectivity index (χ4n) is 8.12. The number of likely N-dealkylation sites (N-methyl/N-ethyl adjacent to an activating group) is 1. The van der Waals surface area contributed by atoms with Crippen LogP contribution in [-0.2, 0) is 27.9 Å². The van der Waals surface area contributed by atoms with Gasteiger partial charge in [0, 0.05) is 12.8 Å². The molecule has 0 aromatic rings. The molecule has 0 saturated heterocycles. The van der Waals surface area contributed by atoms with Crippen molar-refractivity contribution < 1.29 is 37.3 Å². The number of phosphoric ester groups is 1. The number of phosphoric acid groups is 1. The van der Waals surface area contributed by atoms with E-state index in [2.05, 4.69) is 135 Å². The smallest absolute Gasteiger partial charge is 0.456 e. The van der Waals surface area contributed by atoms with Gasteiger partial charge in [0.2, 0.25) is 5.91 Å². The summed E-state index contributed by atoms with van der Waals surface area (Å²) in [6, 6.07) is -0.888. The van der Waals surface area contributed by atoms with Gasteiger partial charge in [-0.25, -0.2) is 4.57 Å². The van der Waals surface area contributed by atoms with E-state index in [-0.39, 0.29) is 37.9 Å². The monoisotopic (exact) mass is 1090 g/mol. The van der Waals surface area contributed by atoms with Gasteiger partial charge in [0.15, 0.2) is 0 Å². The number of amides is 1.